The molecular weight excluding hydrogens is 402 g/mol. The second-order valence-electron chi connectivity index (χ2n) is 8.01. The monoisotopic (exact) mass is 423 g/mol. The molecule has 2 aromatic heterocycles. The van der Waals surface area contributed by atoms with Gasteiger partial charge in [-0.05, 0) is 11.1 Å². The number of fused-ring (bicyclic) bond motifs is 1. The van der Waals surface area contributed by atoms with Gasteiger partial charge >= 0.3 is 0 Å². The van der Waals surface area contributed by atoms with E-state index in [0.717, 1.165) is 55.7 Å². The fourth-order valence-electron chi connectivity index (χ4n) is 4.46. The fraction of sp³-hybridized carbons (Fsp3) is 0. The van der Waals surface area contributed by atoms with Gasteiger partial charge in [-0.25, -0.2) is 0 Å². The normalized spacial score (nSPS) is 11.0. The van der Waals surface area contributed by atoms with Crippen molar-refractivity contribution in [3.63, 3.8) is 0 Å². The summed E-state index contributed by atoms with van der Waals surface area (Å²) in [4.78, 5) is 4.63. The van der Waals surface area contributed by atoms with Crippen molar-refractivity contribution < 1.29 is 4.42 Å². The van der Waals surface area contributed by atoms with E-state index in [1.807, 2.05) is 42.7 Å². The zero-order valence-electron chi connectivity index (χ0n) is 18.0. The van der Waals surface area contributed by atoms with Gasteiger partial charge in [0.25, 0.3) is 0 Å². The molecule has 156 valence electrons. The quantitative estimate of drug-likeness (QED) is 0.284. The average molecular weight is 424 g/mol. The van der Waals surface area contributed by atoms with Crippen molar-refractivity contribution in [3.8, 4) is 44.9 Å². The SMILES string of the molecule is c1ccc(-c2cncc(-c3ccccc3)c2-c2oc(-c3ccccc3)c3ccccc23)cc1. The summed E-state index contributed by atoms with van der Waals surface area (Å²) >= 11 is 0. The standard InChI is InChI=1S/C31H21NO/c1-4-12-22(13-5-1)27-20-32-21-28(23-14-6-2-7-15-23)29(27)31-26-19-11-10-18-25(26)30(33-31)24-16-8-3-9-17-24/h1-21H. The molecule has 6 rings (SSSR count). The summed E-state index contributed by atoms with van der Waals surface area (Å²) in [6, 6.07) is 39.5. The van der Waals surface area contributed by atoms with Crippen molar-refractivity contribution >= 4 is 10.8 Å². The van der Waals surface area contributed by atoms with Gasteiger partial charge in [-0.2, -0.15) is 0 Å². The van der Waals surface area contributed by atoms with Gasteiger partial charge in [0.05, 0.1) is 0 Å². The molecule has 0 saturated heterocycles. The van der Waals surface area contributed by atoms with Gasteiger partial charge in [0.1, 0.15) is 11.5 Å². The van der Waals surface area contributed by atoms with Crippen LogP contribution in [0.15, 0.2) is 132 Å². The molecule has 33 heavy (non-hydrogen) atoms. The molecule has 0 spiro atoms. The van der Waals surface area contributed by atoms with Gasteiger partial charge in [0.2, 0.25) is 0 Å². The third kappa shape index (κ3) is 3.42. The van der Waals surface area contributed by atoms with Gasteiger partial charge in [0.15, 0.2) is 0 Å². The van der Waals surface area contributed by atoms with Crippen LogP contribution in [0.4, 0.5) is 0 Å². The molecule has 0 atom stereocenters. The van der Waals surface area contributed by atoms with Crippen LogP contribution in [-0.4, -0.2) is 4.98 Å². The lowest BCUT2D eigenvalue weighted by atomic mass is 9.91. The Morgan fingerprint density at radius 1 is 0.424 bits per heavy atom. The first-order valence-corrected chi connectivity index (χ1v) is 11.1. The first-order chi connectivity index (χ1) is 16.4. The lowest BCUT2D eigenvalue weighted by Crippen LogP contribution is -1.91. The van der Waals surface area contributed by atoms with Crippen molar-refractivity contribution in [2.75, 3.05) is 0 Å². The van der Waals surface area contributed by atoms with Crippen LogP contribution in [0.25, 0.3) is 55.7 Å². The van der Waals surface area contributed by atoms with Crippen LogP contribution >= 0.6 is 0 Å². The van der Waals surface area contributed by atoms with E-state index in [0.29, 0.717) is 0 Å². The molecular formula is C31H21NO. The summed E-state index contributed by atoms with van der Waals surface area (Å²) in [5.41, 5.74) is 6.45. The van der Waals surface area contributed by atoms with E-state index in [9.17, 15) is 0 Å². The number of aromatic nitrogens is 1. The molecule has 2 heterocycles. The first kappa shape index (κ1) is 19.3. The molecule has 0 fully saturated rings. The highest BCUT2D eigenvalue weighted by molar-refractivity contribution is 6.07. The molecule has 2 heteroatoms. The summed E-state index contributed by atoms with van der Waals surface area (Å²) in [6.45, 7) is 0. The smallest absolute Gasteiger partial charge is 0.144 e. The molecule has 0 aliphatic carbocycles. The van der Waals surface area contributed by atoms with Crippen molar-refractivity contribution in [3.05, 3.63) is 128 Å². The van der Waals surface area contributed by atoms with Crippen LogP contribution in [0.2, 0.25) is 0 Å². The van der Waals surface area contributed by atoms with E-state index >= 15 is 0 Å². The molecule has 4 aromatic carbocycles. The van der Waals surface area contributed by atoms with Gasteiger partial charge in [-0.15, -0.1) is 0 Å². The molecule has 6 aromatic rings. The first-order valence-electron chi connectivity index (χ1n) is 11.1. The number of rotatable bonds is 4. The van der Waals surface area contributed by atoms with Gasteiger partial charge in [0, 0.05) is 45.4 Å². The minimum absolute atomic E-state index is 0.865. The summed E-state index contributed by atoms with van der Waals surface area (Å²) in [5.74, 6) is 1.75. The minimum Gasteiger partial charge on any atom is -0.455 e. The maximum Gasteiger partial charge on any atom is 0.144 e. The van der Waals surface area contributed by atoms with Crippen LogP contribution < -0.4 is 0 Å². The highest BCUT2D eigenvalue weighted by Crippen LogP contribution is 2.46. The molecule has 0 amide bonds. The van der Waals surface area contributed by atoms with E-state index < -0.39 is 0 Å². The Morgan fingerprint density at radius 2 is 0.848 bits per heavy atom. The van der Waals surface area contributed by atoms with E-state index in [-0.39, 0.29) is 0 Å². The molecule has 0 aliphatic heterocycles. The van der Waals surface area contributed by atoms with Gasteiger partial charge < -0.3 is 4.42 Å². The molecule has 2 nitrogen and oxygen atoms in total. The largest absolute Gasteiger partial charge is 0.455 e. The zero-order chi connectivity index (χ0) is 22.0. The minimum atomic E-state index is 0.865. The number of nitrogens with zero attached hydrogens (tertiary/aromatic N) is 1. The van der Waals surface area contributed by atoms with E-state index in [2.05, 4.69) is 89.9 Å². The van der Waals surface area contributed by atoms with Crippen molar-refractivity contribution in [1.29, 1.82) is 0 Å². The molecule has 0 radical (unpaired) electrons. The number of furan rings is 1. The molecule has 0 aliphatic rings. The Kier molecular flexibility index (Phi) is 4.82. The highest BCUT2D eigenvalue weighted by Gasteiger charge is 2.22. The molecule has 0 saturated carbocycles. The Morgan fingerprint density at radius 3 is 1.36 bits per heavy atom. The number of pyridine rings is 1. The van der Waals surface area contributed by atoms with E-state index in [4.69, 9.17) is 4.42 Å². The van der Waals surface area contributed by atoms with Crippen LogP contribution in [-0.2, 0) is 0 Å². The Labute approximate surface area is 192 Å². The number of benzene rings is 4. The molecule has 0 N–H and O–H groups in total. The van der Waals surface area contributed by atoms with Crippen LogP contribution in [0.5, 0.6) is 0 Å². The number of hydrogen-bond donors (Lipinski definition) is 0. The summed E-state index contributed by atoms with van der Waals surface area (Å²) in [6.07, 6.45) is 3.88. The summed E-state index contributed by atoms with van der Waals surface area (Å²) in [7, 11) is 0. The van der Waals surface area contributed by atoms with Crippen LogP contribution in [0.3, 0.4) is 0 Å². The number of hydrogen-bond acceptors (Lipinski definition) is 2. The Balaban J connectivity index is 1.71. The Bertz CT molecular complexity index is 1480. The van der Waals surface area contributed by atoms with Crippen molar-refractivity contribution in [2.24, 2.45) is 0 Å². The van der Waals surface area contributed by atoms with Crippen LogP contribution in [0.1, 0.15) is 0 Å². The maximum absolute atomic E-state index is 6.73. The second-order valence-corrected chi connectivity index (χ2v) is 8.01. The summed E-state index contributed by atoms with van der Waals surface area (Å²) < 4.78 is 6.73. The lowest BCUT2D eigenvalue weighted by molar-refractivity contribution is 0.602. The topological polar surface area (TPSA) is 26.0 Å². The van der Waals surface area contributed by atoms with Gasteiger partial charge in [-0.3, -0.25) is 4.98 Å². The Hall–Kier alpha value is -4.43. The van der Waals surface area contributed by atoms with Crippen molar-refractivity contribution in [1.82, 2.24) is 4.98 Å². The predicted molar refractivity (Wildman–Crippen MR) is 136 cm³/mol. The van der Waals surface area contributed by atoms with Crippen LogP contribution in [0, 0.1) is 0 Å². The zero-order valence-corrected chi connectivity index (χ0v) is 18.0. The van der Waals surface area contributed by atoms with E-state index in [1.54, 1.807) is 0 Å². The molecule has 0 unspecified atom stereocenters. The lowest BCUT2D eigenvalue weighted by Gasteiger charge is -2.14. The third-order valence-corrected chi connectivity index (χ3v) is 6.00. The second kappa shape index (κ2) is 8.25. The predicted octanol–water partition coefficient (Wildman–Crippen LogP) is 8.50. The van der Waals surface area contributed by atoms with Gasteiger partial charge in [-0.1, -0.05) is 115 Å². The molecule has 0 bridgehead atoms. The van der Waals surface area contributed by atoms with Crippen molar-refractivity contribution in [2.45, 2.75) is 0 Å². The maximum atomic E-state index is 6.73. The fourth-order valence-corrected chi connectivity index (χ4v) is 4.46. The van der Waals surface area contributed by atoms with E-state index in [1.165, 1.54) is 0 Å². The highest BCUT2D eigenvalue weighted by atomic mass is 16.3. The third-order valence-electron chi connectivity index (χ3n) is 6.00. The average Bonchev–Trinajstić information content (AvgIpc) is 3.29. The summed E-state index contributed by atoms with van der Waals surface area (Å²) in [5, 5.41) is 2.20.